The molecule has 0 atom stereocenters. The fourth-order valence-corrected chi connectivity index (χ4v) is 2.51. The summed E-state index contributed by atoms with van der Waals surface area (Å²) in [4.78, 5) is 14.8. The minimum atomic E-state index is -0.885. The third-order valence-corrected chi connectivity index (χ3v) is 3.52. The summed E-state index contributed by atoms with van der Waals surface area (Å²) in [5.74, 6) is -1.01. The van der Waals surface area contributed by atoms with Crippen LogP contribution in [0.3, 0.4) is 0 Å². The van der Waals surface area contributed by atoms with Gasteiger partial charge in [0.2, 0.25) is 0 Å². The Morgan fingerprint density at radius 3 is 2.95 bits per heavy atom. The van der Waals surface area contributed by atoms with Crippen LogP contribution < -0.4 is 4.74 Å². The van der Waals surface area contributed by atoms with E-state index >= 15 is 0 Å². The Morgan fingerprint density at radius 1 is 1.40 bits per heavy atom. The number of thiazole rings is 1. The van der Waals surface area contributed by atoms with Crippen molar-refractivity contribution >= 4 is 17.3 Å². The summed E-state index contributed by atoms with van der Waals surface area (Å²) >= 11 is 1.44. The van der Waals surface area contributed by atoms with E-state index in [0.29, 0.717) is 25.1 Å². The van der Waals surface area contributed by atoms with Crippen molar-refractivity contribution in [3.8, 4) is 5.75 Å². The van der Waals surface area contributed by atoms with E-state index in [1.165, 1.54) is 17.4 Å². The van der Waals surface area contributed by atoms with Gasteiger partial charge in [-0.15, -0.1) is 11.3 Å². The number of hydrogen-bond donors (Lipinski definition) is 1. The lowest BCUT2D eigenvalue weighted by Gasteiger charge is -2.05. The van der Waals surface area contributed by atoms with Crippen LogP contribution in [0.25, 0.3) is 0 Å². The van der Waals surface area contributed by atoms with Gasteiger partial charge in [-0.05, 0) is 18.6 Å². The Balaban J connectivity index is 1.75. The summed E-state index contributed by atoms with van der Waals surface area (Å²) in [7, 11) is 0. The van der Waals surface area contributed by atoms with Gasteiger partial charge in [-0.2, -0.15) is 0 Å². The molecule has 6 heteroatoms. The molecular weight excluding hydrogens is 281 g/mol. The fourth-order valence-electron chi connectivity index (χ4n) is 1.67. The van der Waals surface area contributed by atoms with Gasteiger partial charge < -0.3 is 9.84 Å². The zero-order valence-electron chi connectivity index (χ0n) is 10.7. The van der Waals surface area contributed by atoms with Gasteiger partial charge in [0.15, 0.2) is 11.6 Å². The van der Waals surface area contributed by atoms with Gasteiger partial charge in [-0.3, -0.25) is 4.79 Å². The summed E-state index contributed by atoms with van der Waals surface area (Å²) < 4.78 is 18.6. The Kier molecular flexibility index (Phi) is 5.06. The predicted molar refractivity (Wildman–Crippen MR) is 73.7 cm³/mol. The van der Waals surface area contributed by atoms with Gasteiger partial charge in [0.25, 0.3) is 0 Å². The Labute approximate surface area is 119 Å². The number of carbonyl (C=O) groups is 1. The minimum absolute atomic E-state index is 0.0533. The van der Waals surface area contributed by atoms with Crippen molar-refractivity contribution in [2.45, 2.75) is 19.3 Å². The summed E-state index contributed by atoms with van der Waals surface area (Å²) in [5, 5.41) is 11.3. The van der Waals surface area contributed by atoms with Gasteiger partial charge in [0, 0.05) is 11.8 Å². The molecule has 4 nitrogen and oxygen atoms in total. The maximum Gasteiger partial charge on any atom is 0.309 e. The molecule has 0 aliphatic carbocycles. The number of ether oxygens (including phenoxy) is 1. The molecular formula is C14H14FNO3S. The lowest BCUT2D eigenvalue weighted by atomic mass is 10.3. The zero-order chi connectivity index (χ0) is 14.4. The van der Waals surface area contributed by atoms with Crippen LogP contribution in [0.15, 0.2) is 29.6 Å². The number of aryl methyl sites for hydroxylation is 1. The smallest absolute Gasteiger partial charge is 0.309 e. The third kappa shape index (κ3) is 4.31. The summed E-state index contributed by atoms with van der Waals surface area (Å²) in [6, 6.07) is 6.27. The second kappa shape index (κ2) is 7.00. The Hall–Kier alpha value is -1.95. The van der Waals surface area contributed by atoms with Gasteiger partial charge in [0.05, 0.1) is 23.7 Å². The first-order valence-corrected chi connectivity index (χ1v) is 7.05. The Morgan fingerprint density at radius 2 is 2.20 bits per heavy atom. The second-order valence-electron chi connectivity index (χ2n) is 4.19. The largest absolute Gasteiger partial charge is 0.491 e. The van der Waals surface area contributed by atoms with Crippen LogP contribution in [0.2, 0.25) is 0 Å². The van der Waals surface area contributed by atoms with Crippen molar-refractivity contribution in [1.29, 1.82) is 0 Å². The van der Waals surface area contributed by atoms with Gasteiger partial charge in [0.1, 0.15) is 0 Å². The highest BCUT2D eigenvalue weighted by molar-refractivity contribution is 7.09. The van der Waals surface area contributed by atoms with E-state index in [0.717, 1.165) is 5.01 Å². The standard InChI is InChI=1S/C14H14FNO3S/c15-11-4-1-2-5-12(11)19-7-3-6-13-16-10(9-20-13)8-14(17)18/h1-2,4-5,9H,3,6-8H2,(H,17,18). The van der Waals surface area contributed by atoms with Crippen LogP contribution >= 0.6 is 11.3 Å². The Bertz CT molecular complexity index is 585. The van der Waals surface area contributed by atoms with E-state index in [1.54, 1.807) is 23.6 Å². The molecule has 20 heavy (non-hydrogen) atoms. The van der Waals surface area contributed by atoms with Crippen molar-refractivity contribution in [2.24, 2.45) is 0 Å². The zero-order valence-corrected chi connectivity index (χ0v) is 11.5. The maximum absolute atomic E-state index is 13.3. The molecule has 1 aromatic carbocycles. The van der Waals surface area contributed by atoms with Crippen LogP contribution in [0, 0.1) is 5.82 Å². The fraction of sp³-hybridized carbons (Fsp3) is 0.286. The first kappa shape index (κ1) is 14.5. The molecule has 0 spiro atoms. The predicted octanol–water partition coefficient (Wildman–Crippen LogP) is 2.92. The van der Waals surface area contributed by atoms with Crippen molar-refractivity contribution in [3.05, 3.63) is 46.2 Å². The number of hydrogen-bond acceptors (Lipinski definition) is 4. The number of benzene rings is 1. The van der Waals surface area contributed by atoms with Gasteiger partial charge >= 0.3 is 5.97 Å². The van der Waals surface area contributed by atoms with Crippen LogP contribution in [0.1, 0.15) is 17.1 Å². The van der Waals surface area contributed by atoms with Crippen molar-refractivity contribution < 1.29 is 19.0 Å². The highest BCUT2D eigenvalue weighted by atomic mass is 32.1. The molecule has 1 aromatic heterocycles. The van der Waals surface area contributed by atoms with E-state index in [-0.39, 0.29) is 18.0 Å². The lowest BCUT2D eigenvalue weighted by Crippen LogP contribution is -2.02. The van der Waals surface area contributed by atoms with Crippen molar-refractivity contribution in [1.82, 2.24) is 4.98 Å². The van der Waals surface area contributed by atoms with E-state index in [1.807, 2.05) is 0 Å². The molecule has 1 N–H and O–H groups in total. The monoisotopic (exact) mass is 295 g/mol. The van der Waals surface area contributed by atoms with E-state index in [4.69, 9.17) is 9.84 Å². The average Bonchev–Trinajstić information content (AvgIpc) is 2.83. The quantitative estimate of drug-likeness (QED) is 0.798. The molecule has 0 aliphatic rings. The molecule has 0 bridgehead atoms. The van der Waals surface area contributed by atoms with Gasteiger partial charge in [-0.25, -0.2) is 9.37 Å². The summed E-state index contributed by atoms with van der Waals surface area (Å²) in [6.07, 6.45) is 1.34. The van der Waals surface area contributed by atoms with E-state index < -0.39 is 5.97 Å². The van der Waals surface area contributed by atoms with Crippen molar-refractivity contribution in [2.75, 3.05) is 6.61 Å². The molecule has 106 valence electrons. The topological polar surface area (TPSA) is 59.4 Å². The van der Waals surface area contributed by atoms with Crippen molar-refractivity contribution in [3.63, 3.8) is 0 Å². The normalized spacial score (nSPS) is 10.4. The second-order valence-corrected chi connectivity index (χ2v) is 5.13. The first-order chi connectivity index (χ1) is 9.65. The van der Waals surface area contributed by atoms with Crippen LogP contribution in [0.4, 0.5) is 4.39 Å². The van der Waals surface area contributed by atoms with Crippen LogP contribution in [0.5, 0.6) is 5.75 Å². The molecule has 1 heterocycles. The number of halogens is 1. The summed E-state index contributed by atoms with van der Waals surface area (Å²) in [6.45, 7) is 0.398. The number of aliphatic carboxylic acids is 1. The highest BCUT2D eigenvalue weighted by Crippen LogP contribution is 2.16. The molecule has 0 amide bonds. The van der Waals surface area contributed by atoms with Crippen LogP contribution in [-0.4, -0.2) is 22.7 Å². The van der Waals surface area contributed by atoms with Crippen LogP contribution in [-0.2, 0) is 17.6 Å². The molecule has 0 aliphatic heterocycles. The first-order valence-electron chi connectivity index (χ1n) is 6.17. The molecule has 2 rings (SSSR count). The number of para-hydroxylation sites is 1. The molecule has 0 radical (unpaired) electrons. The number of nitrogens with zero attached hydrogens (tertiary/aromatic N) is 1. The molecule has 2 aromatic rings. The van der Waals surface area contributed by atoms with Gasteiger partial charge in [-0.1, -0.05) is 12.1 Å². The number of carboxylic acid groups (broad SMARTS) is 1. The highest BCUT2D eigenvalue weighted by Gasteiger charge is 2.06. The number of rotatable bonds is 7. The third-order valence-electron chi connectivity index (χ3n) is 2.56. The molecule has 0 fully saturated rings. The molecule has 0 saturated heterocycles. The molecule has 0 saturated carbocycles. The maximum atomic E-state index is 13.3. The summed E-state index contributed by atoms with van der Waals surface area (Å²) in [5.41, 5.74) is 0.576. The number of carboxylic acids is 1. The molecule has 0 unspecified atom stereocenters. The SMILES string of the molecule is O=C(O)Cc1csc(CCCOc2ccccc2F)n1. The minimum Gasteiger partial charge on any atom is -0.491 e. The van der Waals surface area contributed by atoms with E-state index in [9.17, 15) is 9.18 Å². The lowest BCUT2D eigenvalue weighted by molar-refractivity contribution is -0.136. The average molecular weight is 295 g/mol. The van der Waals surface area contributed by atoms with E-state index in [2.05, 4.69) is 4.98 Å². The number of aromatic nitrogens is 1.